The number of rotatable bonds is 8. The molecule has 0 saturated heterocycles. The molecule has 142 valence electrons. The molecule has 4 N–H and O–H groups in total. The number of nitrogens with zero attached hydrogens (tertiary/aromatic N) is 1. The van der Waals surface area contributed by atoms with E-state index in [1.165, 1.54) is 17.8 Å². The van der Waals surface area contributed by atoms with E-state index in [4.69, 9.17) is 5.73 Å². The second-order valence-corrected chi connectivity index (χ2v) is 6.55. The zero-order chi connectivity index (χ0) is 20.0. The van der Waals surface area contributed by atoms with Crippen molar-refractivity contribution in [2.24, 2.45) is 5.73 Å². The highest BCUT2D eigenvalue weighted by Gasteiger charge is 2.18. The largest absolute Gasteiger partial charge is 0.373 e. The number of hydrogen-bond donors (Lipinski definition) is 3. The summed E-state index contributed by atoms with van der Waals surface area (Å²) < 4.78 is 13.4. The first-order valence-electron chi connectivity index (χ1n) is 7.79. The van der Waals surface area contributed by atoms with Crippen LogP contribution in [0.25, 0.3) is 0 Å². The van der Waals surface area contributed by atoms with Gasteiger partial charge in [0.2, 0.25) is 17.6 Å². The van der Waals surface area contributed by atoms with Crippen LogP contribution in [0.3, 0.4) is 0 Å². The van der Waals surface area contributed by atoms with Crippen molar-refractivity contribution in [3.05, 3.63) is 58.4 Å². The van der Waals surface area contributed by atoms with E-state index in [1.807, 2.05) is 0 Å². The van der Waals surface area contributed by atoms with Gasteiger partial charge in [0.25, 0.3) is 0 Å². The van der Waals surface area contributed by atoms with Crippen LogP contribution in [0.2, 0.25) is 0 Å². The molecule has 1 atom stereocenters. The van der Waals surface area contributed by atoms with Gasteiger partial charge in [-0.3, -0.25) is 19.7 Å². The summed E-state index contributed by atoms with van der Waals surface area (Å²) >= 11 is 1.23. The van der Waals surface area contributed by atoms with Gasteiger partial charge in [-0.25, -0.2) is 0 Å². The minimum absolute atomic E-state index is 0.0958. The van der Waals surface area contributed by atoms with Gasteiger partial charge in [0.1, 0.15) is 6.04 Å². The smallest absolute Gasteiger partial charge is 0.306 e. The molecule has 0 unspecified atom stereocenters. The number of hydrogen-bond acceptors (Lipinski definition) is 6. The summed E-state index contributed by atoms with van der Waals surface area (Å²) in [6.07, 6.45) is 0. The number of carbonyl (C=O) groups is 2. The standard InChI is InChI=1S/C17H17FN4O4S/c1-10(20-13-4-2-3-5-15(13)27-9-16(19)23)17(24)21-11-6-7-12(18)14(8-11)22(25)26/h2-8,10,20H,9H2,1H3,(H2,19,23)(H,21,24)/t10-/m0/s1. The molecule has 8 nitrogen and oxygen atoms in total. The van der Waals surface area contributed by atoms with Crippen LogP contribution in [-0.2, 0) is 9.59 Å². The number of benzene rings is 2. The van der Waals surface area contributed by atoms with Crippen LogP contribution in [0.1, 0.15) is 6.92 Å². The topological polar surface area (TPSA) is 127 Å². The van der Waals surface area contributed by atoms with Gasteiger partial charge in [0.05, 0.1) is 10.7 Å². The first-order chi connectivity index (χ1) is 12.8. The zero-order valence-electron chi connectivity index (χ0n) is 14.3. The van der Waals surface area contributed by atoms with Gasteiger partial charge in [0.15, 0.2) is 0 Å². The number of carbonyl (C=O) groups excluding carboxylic acids is 2. The van der Waals surface area contributed by atoms with Crippen molar-refractivity contribution < 1.29 is 18.9 Å². The van der Waals surface area contributed by atoms with Gasteiger partial charge in [-0.2, -0.15) is 4.39 Å². The number of nitro benzene ring substituents is 1. The third-order valence-electron chi connectivity index (χ3n) is 3.43. The summed E-state index contributed by atoms with van der Waals surface area (Å²) in [5, 5.41) is 16.3. The summed E-state index contributed by atoms with van der Waals surface area (Å²) in [4.78, 5) is 34.0. The molecule has 0 saturated carbocycles. The highest BCUT2D eigenvalue weighted by Crippen LogP contribution is 2.27. The molecule has 0 radical (unpaired) electrons. The van der Waals surface area contributed by atoms with Crippen LogP contribution in [-0.4, -0.2) is 28.5 Å². The Labute approximate surface area is 158 Å². The number of amides is 2. The Kier molecular flexibility index (Phi) is 6.72. The molecular formula is C17H17FN4O4S. The molecule has 0 aromatic heterocycles. The van der Waals surface area contributed by atoms with Gasteiger partial charge < -0.3 is 16.4 Å². The molecule has 2 aromatic rings. The van der Waals surface area contributed by atoms with E-state index in [9.17, 15) is 24.1 Å². The van der Waals surface area contributed by atoms with Crippen LogP contribution in [0, 0.1) is 15.9 Å². The van der Waals surface area contributed by atoms with Crippen LogP contribution >= 0.6 is 11.8 Å². The van der Waals surface area contributed by atoms with Crippen LogP contribution in [0.15, 0.2) is 47.4 Å². The lowest BCUT2D eigenvalue weighted by molar-refractivity contribution is -0.387. The zero-order valence-corrected chi connectivity index (χ0v) is 15.1. The number of para-hydroxylation sites is 1. The lowest BCUT2D eigenvalue weighted by atomic mass is 10.2. The van der Waals surface area contributed by atoms with E-state index in [2.05, 4.69) is 10.6 Å². The summed E-state index contributed by atoms with van der Waals surface area (Å²) in [7, 11) is 0. The molecule has 0 fully saturated rings. The average molecular weight is 392 g/mol. The molecule has 27 heavy (non-hydrogen) atoms. The Bertz CT molecular complexity index is 878. The van der Waals surface area contributed by atoms with Gasteiger partial charge in [0, 0.05) is 22.3 Å². The first kappa shape index (κ1) is 20.2. The van der Waals surface area contributed by atoms with E-state index >= 15 is 0 Å². The summed E-state index contributed by atoms with van der Waals surface area (Å²) in [5.41, 5.74) is 5.18. The lowest BCUT2D eigenvalue weighted by Gasteiger charge is -2.17. The SMILES string of the molecule is C[C@H](Nc1ccccc1SCC(N)=O)C(=O)Nc1ccc(F)c([N+](=O)[O-])c1. The van der Waals surface area contributed by atoms with Crippen LogP contribution < -0.4 is 16.4 Å². The average Bonchev–Trinajstić information content (AvgIpc) is 2.62. The van der Waals surface area contributed by atoms with E-state index in [1.54, 1.807) is 31.2 Å². The second kappa shape index (κ2) is 8.99. The molecule has 10 heteroatoms. The Hall–Kier alpha value is -3.14. The Morgan fingerprint density at radius 1 is 1.30 bits per heavy atom. The molecular weight excluding hydrogens is 375 g/mol. The van der Waals surface area contributed by atoms with Crippen molar-refractivity contribution in [3.8, 4) is 0 Å². The maximum absolute atomic E-state index is 13.4. The van der Waals surface area contributed by atoms with E-state index in [0.717, 1.165) is 17.0 Å². The number of nitrogens with one attached hydrogen (secondary N) is 2. The number of primary amides is 1. The molecule has 0 aliphatic heterocycles. The Morgan fingerprint density at radius 3 is 2.67 bits per heavy atom. The summed E-state index contributed by atoms with van der Waals surface area (Å²) in [6.45, 7) is 1.60. The van der Waals surface area contributed by atoms with Crippen molar-refractivity contribution in [3.63, 3.8) is 0 Å². The van der Waals surface area contributed by atoms with Crippen molar-refractivity contribution >= 4 is 40.6 Å². The number of nitrogens with two attached hydrogens (primary N) is 1. The molecule has 2 rings (SSSR count). The van der Waals surface area contributed by atoms with Crippen molar-refractivity contribution in [2.45, 2.75) is 17.9 Å². The van der Waals surface area contributed by atoms with Crippen molar-refractivity contribution in [2.75, 3.05) is 16.4 Å². The third-order valence-corrected chi connectivity index (χ3v) is 4.53. The fraction of sp³-hybridized carbons (Fsp3) is 0.176. The summed E-state index contributed by atoms with van der Waals surface area (Å²) in [5.74, 6) is -1.81. The highest BCUT2D eigenvalue weighted by atomic mass is 32.2. The minimum Gasteiger partial charge on any atom is -0.373 e. The monoisotopic (exact) mass is 392 g/mol. The predicted molar refractivity (Wildman–Crippen MR) is 101 cm³/mol. The normalized spacial score (nSPS) is 11.5. The van der Waals surface area contributed by atoms with Gasteiger partial charge in [-0.1, -0.05) is 12.1 Å². The third kappa shape index (κ3) is 5.68. The lowest BCUT2D eigenvalue weighted by Crippen LogP contribution is -2.32. The van der Waals surface area contributed by atoms with Crippen molar-refractivity contribution in [1.82, 2.24) is 0 Å². The van der Waals surface area contributed by atoms with E-state index < -0.39 is 34.3 Å². The fourth-order valence-electron chi connectivity index (χ4n) is 2.14. The predicted octanol–water partition coefficient (Wildman–Crippen LogP) is 2.75. The molecule has 0 aliphatic carbocycles. The van der Waals surface area contributed by atoms with Gasteiger partial charge >= 0.3 is 5.69 Å². The van der Waals surface area contributed by atoms with Gasteiger partial charge in [-0.05, 0) is 31.2 Å². The molecule has 2 aromatic carbocycles. The van der Waals surface area contributed by atoms with Crippen LogP contribution in [0.5, 0.6) is 0 Å². The Morgan fingerprint density at radius 2 is 2.00 bits per heavy atom. The van der Waals surface area contributed by atoms with E-state index in [-0.39, 0.29) is 11.4 Å². The fourth-order valence-corrected chi connectivity index (χ4v) is 2.90. The maximum Gasteiger partial charge on any atom is 0.306 e. The highest BCUT2D eigenvalue weighted by molar-refractivity contribution is 8.00. The molecule has 2 amide bonds. The quantitative estimate of drug-likeness (QED) is 0.360. The molecule has 0 aliphatic rings. The number of anilines is 2. The van der Waals surface area contributed by atoms with Gasteiger partial charge in [-0.15, -0.1) is 11.8 Å². The molecule has 0 bridgehead atoms. The second-order valence-electron chi connectivity index (χ2n) is 5.53. The number of halogens is 1. The summed E-state index contributed by atoms with van der Waals surface area (Å²) in [6, 6.07) is 9.49. The van der Waals surface area contributed by atoms with Crippen molar-refractivity contribution in [1.29, 1.82) is 0 Å². The maximum atomic E-state index is 13.4. The number of nitro groups is 1. The Balaban J connectivity index is 2.07. The first-order valence-corrected chi connectivity index (χ1v) is 8.78. The number of thioether (sulfide) groups is 1. The molecule has 0 heterocycles. The molecule has 0 spiro atoms. The van der Waals surface area contributed by atoms with E-state index in [0.29, 0.717) is 5.69 Å². The van der Waals surface area contributed by atoms with Crippen LogP contribution in [0.4, 0.5) is 21.5 Å². The minimum atomic E-state index is -0.982.